The third-order valence-corrected chi connectivity index (χ3v) is 6.69. The number of sulfonamides is 1. The van der Waals surface area contributed by atoms with Crippen molar-refractivity contribution >= 4 is 21.6 Å². The van der Waals surface area contributed by atoms with E-state index in [1.807, 2.05) is 42.8 Å². The number of hydrogen-bond donors (Lipinski definition) is 1. The normalized spacial score (nSPS) is 16.0. The first-order valence-electron chi connectivity index (χ1n) is 9.62. The van der Waals surface area contributed by atoms with Crippen molar-refractivity contribution in [1.82, 2.24) is 14.1 Å². The molecule has 1 aliphatic rings. The molecule has 2 heterocycles. The molecule has 0 spiro atoms. The Morgan fingerprint density at radius 2 is 1.97 bits per heavy atom. The maximum atomic E-state index is 12.7. The van der Waals surface area contributed by atoms with Crippen molar-refractivity contribution in [3.63, 3.8) is 0 Å². The van der Waals surface area contributed by atoms with E-state index in [0.717, 1.165) is 28.4 Å². The zero-order valence-electron chi connectivity index (χ0n) is 17.3. The summed E-state index contributed by atoms with van der Waals surface area (Å²) in [7, 11) is -1.56. The zero-order chi connectivity index (χ0) is 21.2. The van der Waals surface area contributed by atoms with Crippen LogP contribution in [-0.4, -0.2) is 54.9 Å². The molecule has 1 aliphatic heterocycles. The molecule has 1 fully saturated rings. The van der Waals surface area contributed by atoms with Crippen molar-refractivity contribution in [3.8, 4) is 5.75 Å². The molecule has 1 aromatic heterocycles. The number of nitrogens with one attached hydrogen (secondary N) is 1. The number of benzene rings is 1. The number of carbonyl (C=O) groups excluding carboxylic acids is 1. The predicted octanol–water partition coefficient (Wildman–Crippen LogP) is 2.17. The number of anilines is 1. The highest BCUT2D eigenvalue weighted by Gasteiger charge is 2.29. The lowest BCUT2D eigenvalue weighted by Gasteiger charge is -2.29. The van der Waals surface area contributed by atoms with Crippen LogP contribution in [0.3, 0.4) is 0 Å². The van der Waals surface area contributed by atoms with Gasteiger partial charge >= 0.3 is 0 Å². The molecule has 1 N–H and O–H groups in total. The third-order valence-electron chi connectivity index (χ3n) is 5.39. The van der Waals surface area contributed by atoms with Crippen LogP contribution < -0.4 is 10.1 Å². The van der Waals surface area contributed by atoms with Crippen LogP contribution in [0.25, 0.3) is 0 Å². The third kappa shape index (κ3) is 4.97. The van der Waals surface area contributed by atoms with E-state index < -0.39 is 10.0 Å². The molecule has 9 heteroatoms. The number of aryl methyl sites for hydroxylation is 1. The molecule has 158 valence electrons. The van der Waals surface area contributed by atoms with Crippen molar-refractivity contribution in [2.45, 2.75) is 33.2 Å². The van der Waals surface area contributed by atoms with E-state index in [4.69, 9.17) is 4.74 Å². The number of rotatable bonds is 6. The Balaban J connectivity index is 1.68. The van der Waals surface area contributed by atoms with Gasteiger partial charge in [0, 0.05) is 19.0 Å². The molecular formula is C20H28N4O4S. The number of ether oxygens (including phenoxy) is 1. The van der Waals surface area contributed by atoms with Gasteiger partial charge in [0.15, 0.2) is 0 Å². The number of methoxy groups -OCH3 is 1. The second-order valence-corrected chi connectivity index (χ2v) is 9.46. The van der Waals surface area contributed by atoms with E-state index in [0.29, 0.717) is 32.5 Å². The zero-order valence-corrected chi connectivity index (χ0v) is 18.1. The number of amides is 1. The first-order chi connectivity index (χ1) is 13.7. The fourth-order valence-corrected chi connectivity index (χ4v) is 4.52. The van der Waals surface area contributed by atoms with Gasteiger partial charge in [0.1, 0.15) is 5.75 Å². The molecule has 0 atom stereocenters. The van der Waals surface area contributed by atoms with Crippen molar-refractivity contribution in [2.75, 3.05) is 31.8 Å². The van der Waals surface area contributed by atoms with Gasteiger partial charge in [0.05, 0.1) is 37.0 Å². The number of piperidine rings is 1. The summed E-state index contributed by atoms with van der Waals surface area (Å²) in [5.41, 5.74) is 3.42. The van der Waals surface area contributed by atoms with Gasteiger partial charge in [0.2, 0.25) is 15.9 Å². The SMILES string of the molecule is COc1cccc(Cn2nc(C)c(NC(=O)C3CCN(S(C)(=O)=O)CC3)c2C)c1. The smallest absolute Gasteiger partial charge is 0.227 e. The van der Waals surface area contributed by atoms with Crippen LogP contribution in [0.1, 0.15) is 29.8 Å². The van der Waals surface area contributed by atoms with Crippen LogP contribution >= 0.6 is 0 Å². The molecule has 0 aliphatic carbocycles. The van der Waals surface area contributed by atoms with Crippen LogP contribution in [0.4, 0.5) is 5.69 Å². The first-order valence-corrected chi connectivity index (χ1v) is 11.5. The van der Waals surface area contributed by atoms with Gasteiger partial charge in [-0.2, -0.15) is 5.10 Å². The van der Waals surface area contributed by atoms with Gasteiger partial charge in [-0.15, -0.1) is 0 Å². The number of carbonyl (C=O) groups is 1. The van der Waals surface area contributed by atoms with E-state index >= 15 is 0 Å². The maximum absolute atomic E-state index is 12.7. The second-order valence-electron chi connectivity index (χ2n) is 7.48. The monoisotopic (exact) mass is 420 g/mol. The standard InChI is InChI=1S/C20H28N4O4S/c1-14-19(21-20(25)17-8-10-23(11-9-17)29(4,26)27)15(2)24(22-14)13-16-6-5-7-18(12-16)28-3/h5-7,12,17H,8-11,13H2,1-4H3,(H,21,25). The molecule has 0 unspecified atom stereocenters. The number of aromatic nitrogens is 2. The Labute approximate surface area is 171 Å². The Morgan fingerprint density at radius 3 is 2.59 bits per heavy atom. The Bertz CT molecular complexity index is 992. The molecule has 0 saturated carbocycles. The van der Waals surface area contributed by atoms with Gasteiger partial charge in [-0.1, -0.05) is 12.1 Å². The minimum Gasteiger partial charge on any atom is -0.497 e. The molecule has 29 heavy (non-hydrogen) atoms. The Morgan fingerprint density at radius 1 is 1.28 bits per heavy atom. The number of nitrogens with zero attached hydrogens (tertiary/aromatic N) is 3. The van der Waals surface area contributed by atoms with Crippen LogP contribution in [0, 0.1) is 19.8 Å². The minimum atomic E-state index is -3.20. The average molecular weight is 421 g/mol. The molecule has 0 radical (unpaired) electrons. The Hall–Kier alpha value is -2.39. The summed E-state index contributed by atoms with van der Waals surface area (Å²) in [5, 5.41) is 7.59. The van der Waals surface area contributed by atoms with E-state index in [9.17, 15) is 13.2 Å². The fourth-order valence-electron chi connectivity index (χ4n) is 3.65. The lowest BCUT2D eigenvalue weighted by Crippen LogP contribution is -2.41. The van der Waals surface area contributed by atoms with Gasteiger partial charge in [-0.05, 0) is 44.4 Å². The highest BCUT2D eigenvalue weighted by atomic mass is 32.2. The quantitative estimate of drug-likeness (QED) is 0.773. The van der Waals surface area contributed by atoms with Crippen molar-refractivity contribution < 1.29 is 17.9 Å². The lowest BCUT2D eigenvalue weighted by molar-refractivity contribution is -0.120. The summed E-state index contributed by atoms with van der Waals surface area (Å²) in [6.07, 6.45) is 2.25. The van der Waals surface area contributed by atoms with Gasteiger partial charge < -0.3 is 10.1 Å². The van der Waals surface area contributed by atoms with Crippen LogP contribution in [-0.2, 0) is 21.4 Å². The van der Waals surface area contributed by atoms with Gasteiger partial charge in [-0.25, -0.2) is 12.7 Å². The summed E-state index contributed by atoms with van der Waals surface area (Å²) >= 11 is 0. The maximum Gasteiger partial charge on any atom is 0.227 e. The first kappa shape index (κ1) is 21.3. The molecule has 1 amide bonds. The largest absolute Gasteiger partial charge is 0.497 e. The fraction of sp³-hybridized carbons (Fsp3) is 0.500. The topological polar surface area (TPSA) is 93.5 Å². The van der Waals surface area contributed by atoms with Gasteiger partial charge in [-0.3, -0.25) is 9.48 Å². The lowest BCUT2D eigenvalue weighted by atomic mass is 9.97. The summed E-state index contributed by atoms with van der Waals surface area (Å²) in [6, 6.07) is 7.80. The van der Waals surface area contributed by atoms with Crippen molar-refractivity contribution in [3.05, 3.63) is 41.2 Å². The van der Waals surface area contributed by atoms with E-state index in [1.165, 1.54) is 10.6 Å². The highest BCUT2D eigenvalue weighted by molar-refractivity contribution is 7.88. The average Bonchev–Trinajstić information content (AvgIpc) is 2.95. The van der Waals surface area contributed by atoms with E-state index in [1.54, 1.807) is 7.11 Å². The van der Waals surface area contributed by atoms with Crippen molar-refractivity contribution in [2.24, 2.45) is 5.92 Å². The number of hydrogen-bond acceptors (Lipinski definition) is 5. The summed E-state index contributed by atoms with van der Waals surface area (Å²) in [6.45, 7) is 5.14. The van der Waals surface area contributed by atoms with E-state index in [-0.39, 0.29) is 11.8 Å². The second kappa shape index (κ2) is 8.54. The van der Waals surface area contributed by atoms with Gasteiger partial charge in [0.25, 0.3) is 0 Å². The van der Waals surface area contributed by atoms with Crippen LogP contribution in [0.2, 0.25) is 0 Å². The van der Waals surface area contributed by atoms with Crippen LogP contribution in [0.15, 0.2) is 24.3 Å². The Kier molecular flexibility index (Phi) is 6.28. The van der Waals surface area contributed by atoms with Crippen molar-refractivity contribution in [1.29, 1.82) is 0 Å². The summed E-state index contributed by atoms with van der Waals surface area (Å²) < 4.78 is 31.9. The van der Waals surface area contributed by atoms with Crippen LogP contribution in [0.5, 0.6) is 5.75 Å². The summed E-state index contributed by atoms with van der Waals surface area (Å²) in [4.78, 5) is 12.7. The molecular weight excluding hydrogens is 392 g/mol. The molecule has 8 nitrogen and oxygen atoms in total. The molecule has 1 saturated heterocycles. The molecule has 1 aromatic carbocycles. The highest BCUT2D eigenvalue weighted by Crippen LogP contribution is 2.25. The summed E-state index contributed by atoms with van der Waals surface area (Å²) in [5.74, 6) is 0.511. The molecule has 3 rings (SSSR count). The minimum absolute atomic E-state index is 0.0784. The molecule has 0 bridgehead atoms. The molecule has 2 aromatic rings. The van der Waals surface area contributed by atoms with E-state index in [2.05, 4.69) is 10.4 Å². The predicted molar refractivity (Wildman–Crippen MR) is 112 cm³/mol.